The molecule has 4 aromatic rings. The number of halogens is 1. The highest BCUT2D eigenvalue weighted by Gasteiger charge is 2.18. The lowest BCUT2D eigenvalue weighted by molar-refractivity contribution is 0.0520. The summed E-state index contributed by atoms with van der Waals surface area (Å²) < 4.78 is 19.7. The number of carbonyl (C=O) groups excluding carboxylic acids is 2. The number of imidazole rings is 1. The van der Waals surface area contributed by atoms with Gasteiger partial charge in [0.2, 0.25) is 0 Å². The number of carbonyl (C=O) groups is 2. The van der Waals surface area contributed by atoms with Crippen molar-refractivity contribution in [2.75, 3.05) is 11.9 Å². The number of thiazole rings is 2. The molecule has 0 aliphatic heterocycles. The number of amides is 1. The van der Waals surface area contributed by atoms with Crippen molar-refractivity contribution in [3.8, 4) is 11.3 Å². The highest BCUT2D eigenvalue weighted by Crippen LogP contribution is 2.25. The van der Waals surface area contributed by atoms with Crippen molar-refractivity contribution in [3.63, 3.8) is 0 Å². The van der Waals surface area contributed by atoms with Crippen LogP contribution in [0.25, 0.3) is 16.2 Å². The Labute approximate surface area is 166 Å². The number of anilines is 1. The molecular weight excluding hydrogens is 403 g/mol. The maximum absolute atomic E-state index is 13.1. The third-order valence-electron chi connectivity index (χ3n) is 3.79. The topological polar surface area (TPSA) is 85.6 Å². The van der Waals surface area contributed by atoms with Crippen LogP contribution < -0.4 is 5.32 Å². The predicted octanol–water partition coefficient (Wildman–Crippen LogP) is 4.09. The summed E-state index contributed by atoms with van der Waals surface area (Å²) in [5.41, 5.74) is 1.93. The van der Waals surface area contributed by atoms with Gasteiger partial charge >= 0.3 is 5.97 Å². The first-order valence-corrected chi connectivity index (χ1v) is 9.97. The average molecular weight is 416 g/mol. The molecule has 0 aliphatic rings. The van der Waals surface area contributed by atoms with E-state index in [2.05, 4.69) is 15.3 Å². The van der Waals surface area contributed by atoms with Gasteiger partial charge in [-0.3, -0.25) is 14.5 Å². The minimum Gasteiger partial charge on any atom is -0.461 e. The number of benzene rings is 1. The predicted molar refractivity (Wildman–Crippen MR) is 104 cm³/mol. The number of fused-ring (bicyclic) bond motifs is 1. The SMILES string of the molecule is CCOC(=O)c1csc(NC(=O)c2csc3nc(-c4ccc(F)cc4)cn23)n1. The van der Waals surface area contributed by atoms with Gasteiger partial charge in [-0.15, -0.1) is 22.7 Å². The lowest BCUT2D eigenvalue weighted by Gasteiger charge is -2.00. The van der Waals surface area contributed by atoms with Crippen LogP contribution in [-0.4, -0.2) is 32.9 Å². The van der Waals surface area contributed by atoms with Crippen LogP contribution in [0.2, 0.25) is 0 Å². The molecule has 0 radical (unpaired) electrons. The molecule has 1 N–H and O–H groups in total. The summed E-state index contributed by atoms with van der Waals surface area (Å²) in [7, 11) is 0. The Bertz CT molecular complexity index is 1160. The van der Waals surface area contributed by atoms with Crippen LogP contribution in [0, 0.1) is 5.82 Å². The van der Waals surface area contributed by atoms with E-state index < -0.39 is 5.97 Å². The zero-order valence-electron chi connectivity index (χ0n) is 14.5. The molecule has 3 aromatic heterocycles. The molecule has 10 heteroatoms. The van der Waals surface area contributed by atoms with E-state index in [1.807, 2.05) is 0 Å². The van der Waals surface area contributed by atoms with Crippen LogP contribution >= 0.6 is 22.7 Å². The van der Waals surface area contributed by atoms with Crippen molar-refractivity contribution in [2.24, 2.45) is 0 Å². The summed E-state index contributed by atoms with van der Waals surface area (Å²) in [5, 5.41) is 6.19. The van der Waals surface area contributed by atoms with E-state index in [4.69, 9.17) is 4.74 Å². The van der Waals surface area contributed by atoms with E-state index in [0.29, 0.717) is 21.5 Å². The summed E-state index contributed by atoms with van der Waals surface area (Å²) >= 11 is 2.45. The number of esters is 1. The van der Waals surface area contributed by atoms with Gasteiger partial charge in [0, 0.05) is 22.5 Å². The number of nitrogens with zero attached hydrogens (tertiary/aromatic N) is 3. The Kier molecular flexibility index (Phi) is 4.88. The smallest absolute Gasteiger partial charge is 0.357 e. The molecular formula is C18H13FN4O3S2. The molecule has 0 saturated carbocycles. The van der Waals surface area contributed by atoms with Crippen molar-refractivity contribution >= 4 is 44.6 Å². The van der Waals surface area contributed by atoms with Crippen molar-refractivity contribution < 1.29 is 18.7 Å². The molecule has 0 spiro atoms. The fraction of sp³-hybridized carbons (Fsp3) is 0.111. The summed E-state index contributed by atoms with van der Waals surface area (Å²) in [6, 6.07) is 5.99. The highest BCUT2D eigenvalue weighted by molar-refractivity contribution is 7.15. The molecule has 1 aromatic carbocycles. The van der Waals surface area contributed by atoms with Crippen LogP contribution in [0.1, 0.15) is 27.9 Å². The molecule has 0 atom stereocenters. The third-order valence-corrected chi connectivity index (χ3v) is 5.39. The zero-order chi connectivity index (χ0) is 19.7. The Hall–Kier alpha value is -3.11. The minimum atomic E-state index is -0.532. The average Bonchev–Trinajstić information content (AvgIpc) is 3.37. The second-order valence-corrected chi connectivity index (χ2v) is 7.31. The van der Waals surface area contributed by atoms with Gasteiger partial charge in [-0.25, -0.2) is 19.2 Å². The summed E-state index contributed by atoms with van der Waals surface area (Å²) in [6.07, 6.45) is 1.72. The van der Waals surface area contributed by atoms with Crippen LogP contribution in [-0.2, 0) is 4.74 Å². The molecule has 0 unspecified atom stereocenters. The van der Waals surface area contributed by atoms with Gasteiger partial charge in [-0.05, 0) is 31.2 Å². The van der Waals surface area contributed by atoms with E-state index in [0.717, 1.165) is 16.9 Å². The molecule has 142 valence electrons. The van der Waals surface area contributed by atoms with E-state index in [1.165, 1.54) is 28.8 Å². The summed E-state index contributed by atoms with van der Waals surface area (Å²) in [4.78, 5) is 33.5. The van der Waals surface area contributed by atoms with Gasteiger partial charge in [0.15, 0.2) is 15.8 Å². The first kappa shape index (κ1) is 18.3. The Morgan fingerprint density at radius 2 is 1.96 bits per heavy atom. The number of nitrogens with one attached hydrogen (secondary N) is 1. The molecule has 1 amide bonds. The Balaban J connectivity index is 1.56. The second-order valence-electron chi connectivity index (χ2n) is 5.62. The zero-order valence-corrected chi connectivity index (χ0v) is 16.1. The number of aromatic nitrogens is 3. The van der Waals surface area contributed by atoms with Crippen molar-refractivity contribution in [2.45, 2.75) is 6.92 Å². The minimum absolute atomic E-state index is 0.152. The molecule has 0 bridgehead atoms. The Morgan fingerprint density at radius 3 is 2.71 bits per heavy atom. The standard InChI is InChI=1S/C18H13FN4O3S2/c1-2-26-16(25)13-8-27-17(20-13)22-15(24)14-9-28-18-21-12(7-23(14)18)10-3-5-11(19)6-4-10/h3-9H,2H2,1H3,(H,20,22,24). The first-order chi connectivity index (χ1) is 13.5. The third kappa shape index (κ3) is 3.51. The van der Waals surface area contributed by atoms with Crippen LogP contribution in [0.15, 0.2) is 41.2 Å². The normalized spacial score (nSPS) is 10.9. The molecule has 0 saturated heterocycles. The maximum Gasteiger partial charge on any atom is 0.357 e. The summed E-state index contributed by atoms with van der Waals surface area (Å²) in [5.74, 6) is -1.23. The van der Waals surface area contributed by atoms with E-state index in [9.17, 15) is 14.0 Å². The number of rotatable bonds is 5. The number of ether oxygens (including phenoxy) is 1. The van der Waals surface area contributed by atoms with Crippen molar-refractivity contribution in [1.82, 2.24) is 14.4 Å². The van der Waals surface area contributed by atoms with Gasteiger partial charge in [-0.2, -0.15) is 0 Å². The van der Waals surface area contributed by atoms with Crippen molar-refractivity contribution in [3.05, 3.63) is 58.4 Å². The van der Waals surface area contributed by atoms with Gasteiger partial charge in [0.1, 0.15) is 11.5 Å². The number of hydrogen-bond donors (Lipinski definition) is 1. The summed E-state index contributed by atoms with van der Waals surface area (Å²) in [6.45, 7) is 1.96. The van der Waals surface area contributed by atoms with Crippen LogP contribution in [0.3, 0.4) is 0 Å². The van der Waals surface area contributed by atoms with Crippen LogP contribution in [0.4, 0.5) is 9.52 Å². The van der Waals surface area contributed by atoms with Crippen LogP contribution in [0.5, 0.6) is 0 Å². The van der Waals surface area contributed by atoms with Gasteiger partial charge in [-0.1, -0.05) is 0 Å². The maximum atomic E-state index is 13.1. The molecule has 0 fully saturated rings. The highest BCUT2D eigenvalue weighted by atomic mass is 32.1. The monoisotopic (exact) mass is 416 g/mol. The van der Waals surface area contributed by atoms with Gasteiger partial charge < -0.3 is 4.74 Å². The quantitative estimate of drug-likeness (QED) is 0.496. The van der Waals surface area contributed by atoms with E-state index >= 15 is 0 Å². The lowest BCUT2D eigenvalue weighted by Crippen LogP contribution is -2.14. The molecule has 28 heavy (non-hydrogen) atoms. The van der Waals surface area contributed by atoms with Gasteiger partial charge in [0.25, 0.3) is 5.91 Å². The molecule has 0 aliphatic carbocycles. The number of hydrogen-bond acceptors (Lipinski definition) is 7. The van der Waals surface area contributed by atoms with E-state index in [-0.39, 0.29) is 24.0 Å². The van der Waals surface area contributed by atoms with Gasteiger partial charge in [0.05, 0.1) is 12.3 Å². The molecule has 3 heterocycles. The van der Waals surface area contributed by atoms with E-state index in [1.54, 1.807) is 35.0 Å². The molecule has 4 rings (SSSR count). The fourth-order valence-electron chi connectivity index (χ4n) is 2.50. The Morgan fingerprint density at radius 1 is 1.18 bits per heavy atom. The first-order valence-electron chi connectivity index (χ1n) is 8.21. The lowest BCUT2D eigenvalue weighted by atomic mass is 10.2. The fourth-order valence-corrected chi connectivity index (χ4v) is 4.03. The second kappa shape index (κ2) is 7.49. The molecule has 7 nitrogen and oxygen atoms in total. The largest absolute Gasteiger partial charge is 0.461 e. The van der Waals surface area contributed by atoms with Crippen molar-refractivity contribution in [1.29, 1.82) is 0 Å².